The van der Waals surface area contributed by atoms with Crippen molar-refractivity contribution in [1.82, 2.24) is 9.97 Å². The Morgan fingerprint density at radius 2 is 1.48 bits per heavy atom. The number of aryl methyl sites for hydroxylation is 1. The summed E-state index contributed by atoms with van der Waals surface area (Å²) in [5.41, 5.74) is 4.01. The molecule has 0 amide bonds. The van der Waals surface area contributed by atoms with Gasteiger partial charge in [0.25, 0.3) is 0 Å². The zero-order valence-corrected chi connectivity index (χ0v) is 12.1. The van der Waals surface area contributed by atoms with Crippen molar-refractivity contribution in [2.45, 2.75) is 25.2 Å². The first-order valence-corrected chi connectivity index (χ1v) is 7.50. The molecule has 2 heteroatoms. The highest BCUT2D eigenvalue weighted by Crippen LogP contribution is 2.29. The molecule has 0 unspecified atom stereocenters. The fraction of sp³-hybridized carbons (Fsp3) is 0.211. The summed E-state index contributed by atoms with van der Waals surface area (Å²) in [7, 11) is 0. The van der Waals surface area contributed by atoms with E-state index >= 15 is 0 Å². The molecule has 2 nitrogen and oxygen atoms in total. The monoisotopic (exact) mass is 276 g/mol. The van der Waals surface area contributed by atoms with Gasteiger partial charge in [-0.05, 0) is 30.4 Å². The minimum absolute atomic E-state index is 0.468. The second-order valence-corrected chi connectivity index (χ2v) is 5.34. The van der Waals surface area contributed by atoms with E-state index in [0.29, 0.717) is 5.92 Å². The number of hydrogen-bond donors (Lipinski definition) is 1. The summed E-state index contributed by atoms with van der Waals surface area (Å²) in [5, 5.41) is 0. The molecule has 21 heavy (non-hydrogen) atoms. The van der Waals surface area contributed by atoms with Crippen LogP contribution >= 0.6 is 0 Å². The molecule has 106 valence electrons. The molecule has 0 radical (unpaired) electrons. The highest BCUT2D eigenvalue weighted by Gasteiger charge is 2.13. The van der Waals surface area contributed by atoms with Gasteiger partial charge in [-0.3, -0.25) is 0 Å². The molecule has 0 spiro atoms. The van der Waals surface area contributed by atoms with Gasteiger partial charge in [0.15, 0.2) is 0 Å². The molecule has 1 aromatic heterocycles. The molecule has 3 rings (SSSR count). The molecule has 1 N–H and O–H groups in total. The van der Waals surface area contributed by atoms with Crippen LogP contribution in [0.5, 0.6) is 0 Å². The molecular weight excluding hydrogens is 256 g/mol. The van der Waals surface area contributed by atoms with Gasteiger partial charge in [-0.2, -0.15) is 0 Å². The van der Waals surface area contributed by atoms with Crippen molar-refractivity contribution in [1.29, 1.82) is 0 Å². The number of H-pyrrole nitrogens is 1. The Hall–Kier alpha value is -2.35. The van der Waals surface area contributed by atoms with Crippen LogP contribution in [0.3, 0.4) is 0 Å². The van der Waals surface area contributed by atoms with Gasteiger partial charge < -0.3 is 4.98 Å². The smallest absolute Gasteiger partial charge is 0.0921 e. The second kappa shape index (κ2) is 6.89. The van der Waals surface area contributed by atoms with Gasteiger partial charge in [-0.15, -0.1) is 0 Å². The molecule has 0 aliphatic heterocycles. The summed E-state index contributed by atoms with van der Waals surface area (Å²) in [4.78, 5) is 7.26. The number of nitrogens with zero attached hydrogens (tertiary/aromatic N) is 1. The highest BCUT2D eigenvalue weighted by atomic mass is 14.9. The molecule has 3 aromatic rings. The van der Waals surface area contributed by atoms with Crippen LogP contribution < -0.4 is 0 Å². The van der Waals surface area contributed by atoms with Gasteiger partial charge in [-0.1, -0.05) is 60.7 Å². The zero-order valence-electron chi connectivity index (χ0n) is 12.1. The highest BCUT2D eigenvalue weighted by molar-refractivity contribution is 5.32. The summed E-state index contributed by atoms with van der Waals surface area (Å²) < 4.78 is 0. The summed E-state index contributed by atoms with van der Waals surface area (Å²) in [6.07, 6.45) is 7.01. The third-order valence-electron chi connectivity index (χ3n) is 3.90. The van der Waals surface area contributed by atoms with E-state index in [1.165, 1.54) is 16.8 Å². The second-order valence-electron chi connectivity index (χ2n) is 5.34. The maximum absolute atomic E-state index is 4.08. The molecule has 0 saturated carbocycles. The van der Waals surface area contributed by atoms with E-state index < -0.39 is 0 Å². The first kappa shape index (κ1) is 13.6. The van der Waals surface area contributed by atoms with Crippen molar-refractivity contribution in [2.24, 2.45) is 0 Å². The molecule has 0 bridgehead atoms. The van der Waals surface area contributed by atoms with Crippen molar-refractivity contribution in [2.75, 3.05) is 0 Å². The van der Waals surface area contributed by atoms with E-state index in [2.05, 4.69) is 70.6 Å². The number of aromatic nitrogens is 2. The lowest BCUT2D eigenvalue weighted by molar-refractivity contribution is 0.656. The van der Waals surface area contributed by atoms with E-state index in [9.17, 15) is 0 Å². The summed E-state index contributed by atoms with van der Waals surface area (Å²) in [5.74, 6) is 0.468. The fourth-order valence-corrected chi connectivity index (χ4v) is 2.81. The van der Waals surface area contributed by atoms with Gasteiger partial charge >= 0.3 is 0 Å². The van der Waals surface area contributed by atoms with Crippen LogP contribution in [-0.2, 0) is 6.42 Å². The Balaban J connectivity index is 1.73. The Kier molecular flexibility index (Phi) is 4.47. The van der Waals surface area contributed by atoms with Gasteiger partial charge in [0.1, 0.15) is 0 Å². The number of benzene rings is 2. The Labute approximate surface area is 125 Å². The molecule has 0 atom stereocenters. The molecule has 0 saturated heterocycles. The maximum Gasteiger partial charge on any atom is 0.0921 e. The average molecular weight is 276 g/mol. The summed E-state index contributed by atoms with van der Waals surface area (Å²) in [6, 6.07) is 21.6. The topological polar surface area (TPSA) is 28.7 Å². The number of hydrogen-bond acceptors (Lipinski definition) is 1. The van der Waals surface area contributed by atoms with Crippen LogP contribution in [0.15, 0.2) is 73.2 Å². The molecular formula is C19H20N2. The lowest BCUT2D eigenvalue weighted by Gasteiger charge is -2.18. The molecule has 0 fully saturated rings. The van der Waals surface area contributed by atoms with Crippen molar-refractivity contribution in [3.63, 3.8) is 0 Å². The van der Waals surface area contributed by atoms with Crippen molar-refractivity contribution in [3.8, 4) is 0 Å². The van der Waals surface area contributed by atoms with Crippen LogP contribution in [0, 0.1) is 0 Å². The SMILES string of the molecule is c1ccc(C(CCCc2cnc[nH]2)c2ccccc2)cc1. The van der Waals surface area contributed by atoms with Gasteiger partial charge in [-0.25, -0.2) is 4.98 Å². The predicted molar refractivity (Wildman–Crippen MR) is 86.3 cm³/mol. The standard InChI is InChI=1S/C19H20N2/c1-3-8-16(9-4-1)19(17-10-5-2-6-11-17)13-7-12-18-14-20-15-21-18/h1-6,8-11,14-15,19H,7,12-13H2,(H,20,21). The quantitative estimate of drug-likeness (QED) is 0.702. The fourth-order valence-electron chi connectivity index (χ4n) is 2.81. The van der Waals surface area contributed by atoms with Gasteiger partial charge in [0, 0.05) is 17.8 Å². The largest absolute Gasteiger partial charge is 0.348 e. The third kappa shape index (κ3) is 3.60. The molecule has 0 aliphatic rings. The Morgan fingerprint density at radius 1 is 0.857 bits per heavy atom. The maximum atomic E-state index is 4.08. The van der Waals surface area contributed by atoms with Crippen LogP contribution in [0.1, 0.15) is 35.6 Å². The Morgan fingerprint density at radius 3 is 2.00 bits per heavy atom. The van der Waals surface area contributed by atoms with E-state index in [4.69, 9.17) is 0 Å². The van der Waals surface area contributed by atoms with Crippen molar-refractivity contribution in [3.05, 3.63) is 90.0 Å². The van der Waals surface area contributed by atoms with Gasteiger partial charge in [0.05, 0.1) is 6.33 Å². The lowest BCUT2D eigenvalue weighted by atomic mass is 9.87. The van der Waals surface area contributed by atoms with Crippen LogP contribution in [0.4, 0.5) is 0 Å². The van der Waals surface area contributed by atoms with Crippen LogP contribution in [0.25, 0.3) is 0 Å². The van der Waals surface area contributed by atoms with E-state index in [1.54, 1.807) is 6.33 Å². The first-order valence-electron chi connectivity index (χ1n) is 7.50. The lowest BCUT2D eigenvalue weighted by Crippen LogP contribution is -2.02. The first-order chi connectivity index (χ1) is 10.4. The number of imidazole rings is 1. The summed E-state index contributed by atoms with van der Waals surface area (Å²) in [6.45, 7) is 0. The zero-order chi connectivity index (χ0) is 14.3. The van der Waals surface area contributed by atoms with E-state index in [1.807, 2.05) is 6.20 Å². The molecule has 0 aliphatic carbocycles. The Bertz CT molecular complexity index is 590. The van der Waals surface area contributed by atoms with E-state index in [-0.39, 0.29) is 0 Å². The normalized spacial score (nSPS) is 10.9. The molecule has 1 heterocycles. The minimum Gasteiger partial charge on any atom is -0.348 e. The number of aromatic amines is 1. The van der Waals surface area contributed by atoms with Crippen molar-refractivity contribution >= 4 is 0 Å². The average Bonchev–Trinajstić information content (AvgIpc) is 3.07. The van der Waals surface area contributed by atoms with Crippen molar-refractivity contribution < 1.29 is 0 Å². The predicted octanol–water partition coefficient (Wildman–Crippen LogP) is 4.56. The van der Waals surface area contributed by atoms with Crippen LogP contribution in [-0.4, -0.2) is 9.97 Å². The number of nitrogens with one attached hydrogen (secondary N) is 1. The number of rotatable bonds is 6. The minimum atomic E-state index is 0.468. The third-order valence-corrected chi connectivity index (χ3v) is 3.90. The van der Waals surface area contributed by atoms with Gasteiger partial charge in [0.2, 0.25) is 0 Å². The van der Waals surface area contributed by atoms with Crippen LogP contribution in [0.2, 0.25) is 0 Å². The molecule has 2 aromatic carbocycles. The van der Waals surface area contributed by atoms with E-state index in [0.717, 1.165) is 19.3 Å². The summed E-state index contributed by atoms with van der Waals surface area (Å²) >= 11 is 0.